The molecular formula is C15H11N5O5S2. The molecule has 27 heavy (non-hydrogen) atoms. The van der Waals surface area contributed by atoms with Crippen molar-refractivity contribution in [3.05, 3.63) is 52.1 Å². The molecule has 0 atom stereocenters. The number of amides is 3. The number of nitro benzene ring substituents is 1. The van der Waals surface area contributed by atoms with Crippen LogP contribution in [0.2, 0.25) is 0 Å². The maximum absolute atomic E-state index is 12.4. The number of nitrogens with zero attached hydrogens (tertiary/aromatic N) is 4. The van der Waals surface area contributed by atoms with Crippen LogP contribution in [0.4, 0.5) is 10.8 Å². The number of rotatable bonds is 7. The molecule has 0 radical (unpaired) electrons. The highest BCUT2D eigenvalue weighted by molar-refractivity contribution is 8.01. The number of hydrogen-bond acceptors (Lipinski definition) is 9. The number of carbonyl (C=O) groups excluding carboxylic acids is 3. The molecule has 138 valence electrons. The van der Waals surface area contributed by atoms with Gasteiger partial charge in [0.15, 0.2) is 4.34 Å². The van der Waals surface area contributed by atoms with E-state index in [4.69, 9.17) is 0 Å². The van der Waals surface area contributed by atoms with E-state index in [1.807, 2.05) is 0 Å². The lowest BCUT2D eigenvalue weighted by atomic mass is 10.1. The standard InChI is InChI=1S/C15H11N5O5S2/c1-2-6-26-15-18-17-14(27-15)16-10(21)7-19-12(22)8-4-3-5-9(20(24)25)11(8)13(19)23/h2-5H,1,6-7H2,(H,16,17,21). The van der Waals surface area contributed by atoms with Crippen molar-refractivity contribution in [1.82, 2.24) is 15.1 Å². The molecule has 0 saturated heterocycles. The van der Waals surface area contributed by atoms with E-state index in [1.54, 1.807) is 6.08 Å². The lowest BCUT2D eigenvalue weighted by Gasteiger charge is -2.12. The molecule has 0 bridgehead atoms. The lowest BCUT2D eigenvalue weighted by Crippen LogP contribution is -2.37. The van der Waals surface area contributed by atoms with Crippen molar-refractivity contribution >= 4 is 51.6 Å². The van der Waals surface area contributed by atoms with E-state index in [-0.39, 0.29) is 16.3 Å². The van der Waals surface area contributed by atoms with E-state index >= 15 is 0 Å². The molecule has 2 aromatic rings. The van der Waals surface area contributed by atoms with Crippen molar-refractivity contribution in [3.8, 4) is 0 Å². The number of hydrogen-bond donors (Lipinski definition) is 1. The summed E-state index contributed by atoms with van der Waals surface area (Å²) in [4.78, 5) is 48.0. The van der Waals surface area contributed by atoms with Crippen LogP contribution in [0, 0.1) is 10.1 Å². The zero-order chi connectivity index (χ0) is 19.6. The van der Waals surface area contributed by atoms with Crippen molar-refractivity contribution in [2.24, 2.45) is 0 Å². The summed E-state index contributed by atoms with van der Waals surface area (Å²) in [7, 11) is 0. The summed E-state index contributed by atoms with van der Waals surface area (Å²) in [5, 5.41) is 21.4. The normalized spacial score (nSPS) is 12.8. The van der Waals surface area contributed by atoms with E-state index < -0.39 is 34.9 Å². The van der Waals surface area contributed by atoms with E-state index in [9.17, 15) is 24.5 Å². The van der Waals surface area contributed by atoms with E-state index in [0.717, 1.165) is 17.4 Å². The number of nitrogens with one attached hydrogen (secondary N) is 1. The van der Waals surface area contributed by atoms with Gasteiger partial charge in [-0.25, -0.2) is 0 Å². The molecule has 1 aliphatic heterocycles. The van der Waals surface area contributed by atoms with Crippen molar-refractivity contribution in [3.63, 3.8) is 0 Å². The van der Waals surface area contributed by atoms with Gasteiger partial charge in [0, 0.05) is 11.8 Å². The third-order valence-corrected chi connectivity index (χ3v) is 5.42. The Morgan fingerprint density at radius 3 is 2.85 bits per heavy atom. The molecule has 3 rings (SSSR count). The second-order valence-corrected chi connectivity index (χ2v) is 7.42. The zero-order valence-corrected chi connectivity index (χ0v) is 15.2. The molecule has 0 saturated carbocycles. The Balaban J connectivity index is 1.72. The minimum Gasteiger partial charge on any atom is -0.299 e. The molecular weight excluding hydrogens is 394 g/mol. The van der Waals surface area contributed by atoms with E-state index in [2.05, 4.69) is 22.1 Å². The number of carbonyl (C=O) groups is 3. The predicted molar refractivity (Wildman–Crippen MR) is 97.9 cm³/mol. The third kappa shape index (κ3) is 3.71. The monoisotopic (exact) mass is 405 g/mol. The number of fused-ring (bicyclic) bond motifs is 1. The highest BCUT2D eigenvalue weighted by Gasteiger charge is 2.41. The SMILES string of the molecule is C=CCSc1nnc(NC(=O)CN2C(=O)c3cccc([N+](=O)[O-])c3C2=O)s1. The first-order valence-electron chi connectivity index (χ1n) is 7.43. The second-order valence-electron chi connectivity index (χ2n) is 5.17. The largest absolute Gasteiger partial charge is 0.299 e. The first kappa shape index (κ1) is 18.7. The van der Waals surface area contributed by atoms with Crippen LogP contribution in [0.15, 0.2) is 35.2 Å². The quantitative estimate of drug-likeness (QED) is 0.184. The van der Waals surface area contributed by atoms with Crippen molar-refractivity contribution in [2.75, 3.05) is 17.6 Å². The summed E-state index contributed by atoms with van der Waals surface area (Å²) in [6.07, 6.45) is 1.70. The Hall–Kier alpha value is -3.12. The fourth-order valence-corrected chi connectivity index (χ4v) is 3.89. The van der Waals surface area contributed by atoms with E-state index in [0.29, 0.717) is 15.0 Å². The van der Waals surface area contributed by atoms with Crippen LogP contribution in [0.25, 0.3) is 0 Å². The summed E-state index contributed by atoms with van der Waals surface area (Å²) in [5.41, 5.74) is -0.873. The summed E-state index contributed by atoms with van der Waals surface area (Å²) in [6.45, 7) is 3.01. The first-order chi connectivity index (χ1) is 12.9. The predicted octanol–water partition coefficient (Wildman–Crippen LogP) is 1.96. The number of thioether (sulfide) groups is 1. The zero-order valence-electron chi connectivity index (χ0n) is 13.6. The minimum atomic E-state index is -0.878. The molecule has 1 aromatic carbocycles. The van der Waals surface area contributed by atoms with Crippen LogP contribution >= 0.6 is 23.1 Å². The van der Waals surface area contributed by atoms with E-state index in [1.165, 1.54) is 23.9 Å². The summed E-state index contributed by atoms with van der Waals surface area (Å²) in [5.74, 6) is -1.66. The van der Waals surface area contributed by atoms with Gasteiger partial charge in [-0.15, -0.1) is 16.8 Å². The van der Waals surface area contributed by atoms with Gasteiger partial charge in [0.05, 0.1) is 10.5 Å². The Bertz CT molecular complexity index is 973. The lowest BCUT2D eigenvalue weighted by molar-refractivity contribution is -0.385. The van der Waals surface area contributed by atoms with Gasteiger partial charge in [0.25, 0.3) is 17.5 Å². The van der Waals surface area contributed by atoms with Crippen LogP contribution in [0.1, 0.15) is 20.7 Å². The van der Waals surface area contributed by atoms with Crippen LogP contribution in [0.3, 0.4) is 0 Å². The van der Waals surface area contributed by atoms with Crippen LogP contribution in [0.5, 0.6) is 0 Å². The van der Waals surface area contributed by atoms with Crippen molar-refractivity contribution < 1.29 is 19.3 Å². The van der Waals surface area contributed by atoms with Crippen LogP contribution in [-0.2, 0) is 4.79 Å². The molecule has 0 aliphatic carbocycles. The average Bonchev–Trinajstić information content (AvgIpc) is 3.18. The minimum absolute atomic E-state index is 0.0963. The Labute approximate surface area is 160 Å². The molecule has 12 heteroatoms. The maximum Gasteiger partial charge on any atom is 0.282 e. The highest BCUT2D eigenvalue weighted by Crippen LogP contribution is 2.31. The molecule has 10 nitrogen and oxygen atoms in total. The number of imide groups is 1. The van der Waals surface area contributed by atoms with Crippen LogP contribution < -0.4 is 5.32 Å². The molecule has 1 aromatic heterocycles. The van der Waals surface area contributed by atoms with Crippen LogP contribution in [-0.4, -0.2) is 50.0 Å². The number of benzene rings is 1. The van der Waals surface area contributed by atoms with Gasteiger partial charge >= 0.3 is 0 Å². The third-order valence-electron chi connectivity index (χ3n) is 3.45. The molecule has 1 N–H and O–H groups in total. The number of nitro groups is 1. The smallest absolute Gasteiger partial charge is 0.282 e. The van der Waals surface area contributed by atoms with Gasteiger partial charge in [-0.3, -0.25) is 34.7 Å². The topological polar surface area (TPSA) is 135 Å². The summed E-state index contributed by atoms with van der Waals surface area (Å²) >= 11 is 2.53. The van der Waals surface area contributed by atoms with Gasteiger partial charge in [0.1, 0.15) is 12.1 Å². The Morgan fingerprint density at radius 1 is 1.37 bits per heavy atom. The highest BCUT2D eigenvalue weighted by atomic mass is 32.2. The average molecular weight is 405 g/mol. The molecule has 2 heterocycles. The first-order valence-corrected chi connectivity index (χ1v) is 9.23. The van der Waals surface area contributed by atoms with Gasteiger partial charge in [-0.2, -0.15) is 0 Å². The van der Waals surface area contributed by atoms with Gasteiger partial charge < -0.3 is 0 Å². The molecule has 0 unspecified atom stereocenters. The summed E-state index contributed by atoms with van der Waals surface area (Å²) < 4.78 is 0.626. The molecule has 1 aliphatic rings. The number of aromatic nitrogens is 2. The van der Waals surface area contributed by atoms with Gasteiger partial charge in [0.2, 0.25) is 11.0 Å². The molecule has 0 fully saturated rings. The Morgan fingerprint density at radius 2 is 2.15 bits per heavy atom. The fourth-order valence-electron chi connectivity index (χ4n) is 2.36. The molecule has 3 amide bonds. The maximum atomic E-state index is 12.4. The Kier molecular flexibility index (Phi) is 5.28. The number of anilines is 1. The van der Waals surface area contributed by atoms with Gasteiger partial charge in [-0.1, -0.05) is 35.2 Å². The second kappa shape index (κ2) is 7.63. The van der Waals surface area contributed by atoms with Gasteiger partial charge in [-0.05, 0) is 6.07 Å². The van der Waals surface area contributed by atoms with Crippen molar-refractivity contribution in [1.29, 1.82) is 0 Å². The summed E-state index contributed by atoms with van der Waals surface area (Å²) in [6, 6.07) is 3.76. The fraction of sp³-hybridized carbons (Fsp3) is 0.133. The van der Waals surface area contributed by atoms with Crippen molar-refractivity contribution in [2.45, 2.75) is 4.34 Å². The molecule has 0 spiro atoms.